The summed E-state index contributed by atoms with van der Waals surface area (Å²) < 4.78 is 17.7. The van der Waals surface area contributed by atoms with E-state index in [1.165, 1.54) is 11.1 Å². The number of rotatable bonds is 16. The lowest BCUT2D eigenvalue weighted by Crippen LogP contribution is -2.44. The molecular formula is C50H57N5O6Si. The van der Waals surface area contributed by atoms with E-state index in [2.05, 4.69) is 115 Å². The molecule has 7 rings (SSSR count). The Balaban J connectivity index is 1.01. The smallest absolute Gasteiger partial charge is 0.412 e. The van der Waals surface area contributed by atoms with Crippen molar-refractivity contribution in [3.8, 4) is 22.6 Å². The zero-order valence-electron chi connectivity index (χ0n) is 36.6. The Hall–Kier alpha value is -6.21. The molecule has 2 heterocycles. The lowest BCUT2D eigenvalue weighted by Gasteiger charge is -2.40. The molecule has 322 valence electrons. The molecular weight excluding hydrogens is 795 g/mol. The molecule has 1 aliphatic rings. The van der Waals surface area contributed by atoms with Crippen molar-refractivity contribution in [2.24, 2.45) is 5.73 Å². The van der Waals surface area contributed by atoms with Crippen LogP contribution in [0.3, 0.4) is 0 Å². The van der Waals surface area contributed by atoms with Crippen molar-refractivity contribution in [2.75, 3.05) is 30.8 Å². The highest BCUT2D eigenvalue weighted by atomic mass is 28.4. The van der Waals surface area contributed by atoms with Crippen LogP contribution in [0.15, 0.2) is 103 Å². The number of cyclic esters (lactones) is 1. The van der Waals surface area contributed by atoms with Gasteiger partial charge in [-0.15, -0.1) is 0 Å². The summed E-state index contributed by atoms with van der Waals surface area (Å²) in [5, 5.41) is 21.1. The van der Waals surface area contributed by atoms with Crippen LogP contribution in [-0.2, 0) is 28.6 Å². The maximum absolute atomic E-state index is 12.6. The van der Waals surface area contributed by atoms with Crippen LogP contribution in [0.4, 0.5) is 21.9 Å². The van der Waals surface area contributed by atoms with Crippen molar-refractivity contribution in [1.29, 1.82) is 0 Å². The number of primary amides is 1. The second-order valence-corrected chi connectivity index (χ2v) is 22.3. The van der Waals surface area contributed by atoms with Gasteiger partial charge in [-0.1, -0.05) is 87.5 Å². The maximum atomic E-state index is 12.6. The number of aromatic hydroxyl groups is 1. The Labute approximate surface area is 365 Å². The molecule has 0 saturated carbocycles. The average Bonchev–Trinajstić information content (AvgIpc) is 3.23. The van der Waals surface area contributed by atoms with Crippen LogP contribution in [0.2, 0.25) is 18.1 Å². The third-order valence-corrected chi connectivity index (χ3v) is 16.6. The first-order valence-electron chi connectivity index (χ1n) is 21.1. The molecule has 11 nitrogen and oxygen atoms in total. The molecule has 1 atom stereocenters. The summed E-state index contributed by atoms with van der Waals surface area (Å²) in [6.45, 7) is 14.6. The first-order valence-corrected chi connectivity index (χ1v) is 24.0. The number of nitrogens with one attached hydrogen (secondary N) is 3. The van der Waals surface area contributed by atoms with E-state index >= 15 is 0 Å². The standard InChI is InChI=1S/C50H57N5O6Si/c1-31-23-34(26-40-45(31)53-28-41(48(51)57)46(40)54-37-14-9-15-38(27-37)59-5)24-33-11-8-13-36(25-33)35-18-16-32(17-19-35)12-10-22-52-29-44(61-62(6,7)50(2,3)4)39-20-21-43(56)47-42(39)30-60-49(58)55-47/h8-9,11,13-21,23,25-28,44,52,56H,10,12,22,24,29-30H2,1-7H3,(H2,51,57)(H,53,54)(H,55,58)/t44-/m0/s1. The summed E-state index contributed by atoms with van der Waals surface area (Å²) in [5.74, 6) is 0.158. The number of hydrogen-bond donors (Lipinski definition) is 5. The first-order chi connectivity index (χ1) is 29.6. The number of benzene rings is 5. The molecule has 0 saturated heterocycles. The second-order valence-electron chi connectivity index (χ2n) is 17.6. The number of aryl methyl sites for hydroxylation is 2. The van der Waals surface area contributed by atoms with Crippen LogP contribution < -0.4 is 26.4 Å². The number of anilines is 3. The molecule has 2 amide bonds. The number of amides is 2. The number of pyridine rings is 1. The second kappa shape index (κ2) is 18.4. The first kappa shape index (κ1) is 43.9. The van der Waals surface area contributed by atoms with E-state index in [1.54, 1.807) is 19.4 Å². The predicted octanol–water partition coefficient (Wildman–Crippen LogP) is 10.7. The molecule has 0 unspecified atom stereocenters. The molecule has 1 aromatic heterocycles. The van der Waals surface area contributed by atoms with Crippen LogP contribution in [-0.4, -0.2) is 50.6 Å². The van der Waals surface area contributed by atoms with Gasteiger partial charge in [-0.3, -0.25) is 15.1 Å². The van der Waals surface area contributed by atoms with Crippen molar-refractivity contribution >= 4 is 48.3 Å². The molecule has 6 aromatic rings. The quantitative estimate of drug-likeness (QED) is 0.0363. The number of phenols is 1. The lowest BCUT2D eigenvalue weighted by molar-refractivity contribution is 0.100. The monoisotopic (exact) mass is 851 g/mol. The minimum absolute atomic E-state index is 0.00489. The van der Waals surface area contributed by atoms with Gasteiger partial charge >= 0.3 is 6.09 Å². The highest BCUT2D eigenvalue weighted by molar-refractivity contribution is 6.74. The van der Waals surface area contributed by atoms with Crippen molar-refractivity contribution in [3.05, 3.63) is 142 Å². The number of fused-ring (bicyclic) bond motifs is 2. The van der Waals surface area contributed by atoms with Gasteiger partial charge in [0.1, 0.15) is 18.1 Å². The van der Waals surface area contributed by atoms with Gasteiger partial charge in [-0.05, 0) is 114 Å². The van der Waals surface area contributed by atoms with E-state index in [1.807, 2.05) is 37.3 Å². The normalized spacial score (nSPS) is 13.2. The van der Waals surface area contributed by atoms with Crippen LogP contribution in [0.5, 0.6) is 11.5 Å². The fourth-order valence-corrected chi connectivity index (χ4v) is 8.98. The summed E-state index contributed by atoms with van der Waals surface area (Å²) in [4.78, 5) is 29.2. The number of hydrogen-bond acceptors (Lipinski definition) is 9. The van der Waals surface area contributed by atoms with E-state index in [-0.39, 0.29) is 23.5 Å². The molecule has 0 radical (unpaired) electrons. The lowest BCUT2D eigenvalue weighted by atomic mass is 9.95. The highest BCUT2D eigenvalue weighted by Crippen LogP contribution is 2.43. The molecule has 5 aromatic carbocycles. The Bertz CT molecular complexity index is 2610. The topological polar surface area (TPSA) is 157 Å². The van der Waals surface area contributed by atoms with E-state index in [0.717, 1.165) is 69.4 Å². The summed E-state index contributed by atoms with van der Waals surface area (Å²) in [6.07, 6.45) is 3.23. The van der Waals surface area contributed by atoms with Crippen LogP contribution >= 0.6 is 0 Å². The molecule has 0 aliphatic carbocycles. The molecule has 0 bridgehead atoms. The minimum Gasteiger partial charge on any atom is -0.506 e. The molecule has 12 heteroatoms. The molecule has 62 heavy (non-hydrogen) atoms. The third kappa shape index (κ3) is 9.94. The van der Waals surface area contributed by atoms with Gasteiger partial charge in [0.05, 0.1) is 35.7 Å². The zero-order valence-corrected chi connectivity index (χ0v) is 37.6. The highest BCUT2D eigenvalue weighted by Gasteiger charge is 2.40. The number of nitrogens with two attached hydrogens (primary N) is 1. The van der Waals surface area contributed by atoms with Gasteiger partial charge in [-0.25, -0.2) is 4.79 Å². The summed E-state index contributed by atoms with van der Waals surface area (Å²) in [6, 6.07) is 32.7. The SMILES string of the molecule is COc1cccc(Nc2c(C(N)=O)cnc3c(C)cc(Cc4cccc(-c5ccc(CCCNC[C@H](O[Si](C)(C)C(C)(C)C)c6ccc(O)c7c6COC(=O)N7)cc5)c4)cc23)c1. The van der Waals surface area contributed by atoms with Crippen molar-refractivity contribution in [1.82, 2.24) is 10.3 Å². The Morgan fingerprint density at radius 3 is 2.48 bits per heavy atom. The summed E-state index contributed by atoms with van der Waals surface area (Å²) in [7, 11) is -0.569. The van der Waals surface area contributed by atoms with Gasteiger partial charge in [0.2, 0.25) is 0 Å². The number of ether oxygens (including phenoxy) is 2. The van der Waals surface area contributed by atoms with Crippen molar-refractivity contribution in [2.45, 2.75) is 77.8 Å². The maximum Gasteiger partial charge on any atom is 0.412 e. The van der Waals surface area contributed by atoms with Gasteiger partial charge in [-0.2, -0.15) is 0 Å². The number of methoxy groups -OCH3 is 1. The van der Waals surface area contributed by atoms with E-state index in [0.29, 0.717) is 35.7 Å². The zero-order chi connectivity index (χ0) is 44.2. The van der Waals surface area contributed by atoms with Gasteiger partial charge in [0.25, 0.3) is 5.91 Å². The van der Waals surface area contributed by atoms with Crippen LogP contribution in [0, 0.1) is 6.92 Å². The minimum atomic E-state index is -2.19. The summed E-state index contributed by atoms with van der Waals surface area (Å²) in [5.41, 5.74) is 17.2. The molecule has 6 N–H and O–H groups in total. The average molecular weight is 852 g/mol. The predicted molar refractivity (Wildman–Crippen MR) is 250 cm³/mol. The fraction of sp³-hybridized carbons (Fsp3) is 0.300. The van der Waals surface area contributed by atoms with Crippen molar-refractivity contribution in [3.63, 3.8) is 0 Å². The molecule has 0 spiro atoms. The summed E-state index contributed by atoms with van der Waals surface area (Å²) >= 11 is 0. The van der Waals surface area contributed by atoms with E-state index < -0.39 is 20.3 Å². The van der Waals surface area contributed by atoms with Crippen LogP contribution in [0.25, 0.3) is 22.0 Å². The number of nitrogens with zero attached hydrogens (tertiary/aromatic N) is 1. The molecule has 0 fully saturated rings. The number of aromatic nitrogens is 1. The van der Waals surface area contributed by atoms with Crippen molar-refractivity contribution < 1.29 is 28.6 Å². The number of carbonyl (C=O) groups is 2. The van der Waals surface area contributed by atoms with E-state index in [4.69, 9.17) is 19.6 Å². The van der Waals surface area contributed by atoms with E-state index in [9.17, 15) is 14.7 Å². The number of carbonyl (C=O) groups excluding carboxylic acids is 2. The van der Waals surface area contributed by atoms with Crippen LogP contribution in [0.1, 0.15) is 77.0 Å². The third-order valence-electron chi connectivity index (χ3n) is 12.1. The van der Waals surface area contributed by atoms with Gasteiger partial charge < -0.3 is 35.4 Å². The fourth-order valence-electron chi connectivity index (χ4n) is 7.71. The molecule has 1 aliphatic heterocycles. The Morgan fingerprint density at radius 2 is 1.74 bits per heavy atom. The number of phenolic OH excluding ortho intramolecular Hbond substituents is 1. The Kier molecular flexibility index (Phi) is 13.0. The largest absolute Gasteiger partial charge is 0.506 e. The van der Waals surface area contributed by atoms with Gasteiger partial charge in [0.15, 0.2) is 8.32 Å². The Morgan fingerprint density at radius 1 is 0.968 bits per heavy atom. The van der Waals surface area contributed by atoms with Gasteiger partial charge in [0, 0.05) is 35.4 Å².